The average Bonchev–Trinajstić information content (AvgIpc) is 1.81. The second-order valence-electron chi connectivity index (χ2n) is 2.92. The Hall–Kier alpha value is 0.337. The summed E-state index contributed by atoms with van der Waals surface area (Å²) in [6, 6.07) is 0. The van der Waals surface area contributed by atoms with Crippen molar-refractivity contribution in [1.29, 1.82) is 0 Å². The van der Waals surface area contributed by atoms with Crippen LogP contribution in [-0.2, 0) is 4.43 Å². The Morgan fingerprint density at radius 1 is 1.50 bits per heavy atom. The lowest BCUT2D eigenvalue weighted by Gasteiger charge is -2.19. The summed E-state index contributed by atoms with van der Waals surface area (Å²) in [5, 5.41) is 0. The van der Waals surface area contributed by atoms with E-state index >= 15 is 0 Å². The van der Waals surface area contributed by atoms with Crippen LogP contribution < -0.4 is 0 Å². The summed E-state index contributed by atoms with van der Waals surface area (Å²) in [6.45, 7) is 6.25. The number of alkyl halides is 1. The molecule has 0 saturated heterocycles. The fourth-order valence-corrected chi connectivity index (χ4v) is 1.89. The molecular formula is C6H12Cl2OSi. The molecule has 0 radical (unpaired) electrons. The zero-order valence-electron chi connectivity index (χ0n) is 6.45. The number of hydrogen-bond acceptors (Lipinski definition) is 1. The molecule has 0 bridgehead atoms. The van der Waals surface area contributed by atoms with Gasteiger partial charge in [-0.25, -0.2) is 0 Å². The lowest BCUT2D eigenvalue weighted by Crippen LogP contribution is -2.25. The van der Waals surface area contributed by atoms with Crippen molar-refractivity contribution in [2.24, 2.45) is 0 Å². The maximum atomic E-state index is 5.52. The summed E-state index contributed by atoms with van der Waals surface area (Å²) in [4.78, 5) is 0. The average molecular weight is 199 g/mol. The molecule has 0 aliphatic heterocycles. The predicted molar refractivity (Wildman–Crippen MR) is 49.1 cm³/mol. The van der Waals surface area contributed by atoms with Gasteiger partial charge in [0.1, 0.15) is 5.76 Å². The smallest absolute Gasteiger partial charge is 0.241 e. The van der Waals surface area contributed by atoms with E-state index < -0.39 is 8.32 Å². The number of allylic oxidation sites excluding steroid dienone is 1. The largest absolute Gasteiger partial charge is 0.546 e. The highest BCUT2D eigenvalue weighted by Gasteiger charge is 2.16. The van der Waals surface area contributed by atoms with Crippen molar-refractivity contribution in [3.63, 3.8) is 0 Å². The lowest BCUT2D eigenvalue weighted by atomic mass is 10.7. The fourth-order valence-electron chi connectivity index (χ4n) is 0.472. The zero-order valence-corrected chi connectivity index (χ0v) is 8.96. The molecule has 0 unspecified atom stereocenters. The third kappa shape index (κ3) is 5.15. The van der Waals surface area contributed by atoms with Crippen molar-refractivity contribution in [1.82, 2.24) is 0 Å². The first-order valence-corrected chi connectivity index (χ1v) is 7.42. The molecule has 0 heterocycles. The monoisotopic (exact) mass is 198 g/mol. The summed E-state index contributed by atoms with van der Waals surface area (Å²) < 4.78 is 5.47. The van der Waals surface area contributed by atoms with E-state index in [1.165, 1.54) is 5.54 Å². The molecule has 1 nitrogen and oxygen atoms in total. The highest BCUT2D eigenvalue weighted by atomic mass is 35.5. The number of halogens is 2. The quantitative estimate of drug-likeness (QED) is 0.385. The van der Waals surface area contributed by atoms with Crippen molar-refractivity contribution in [3.05, 3.63) is 11.3 Å². The molecule has 0 N–H and O–H groups in total. The predicted octanol–water partition coefficient (Wildman–Crippen LogP) is 3.16. The summed E-state index contributed by atoms with van der Waals surface area (Å²) in [5.41, 5.74) is 1.39. The van der Waals surface area contributed by atoms with Crippen molar-refractivity contribution >= 4 is 31.5 Å². The minimum absolute atomic E-state index is 0.355. The highest BCUT2D eigenvalue weighted by molar-refractivity contribution is 6.70. The first kappa shape index (κ1) is 10.3. The molecule has 10 heavy (non-hydrogen) atoms. The van der Waals surface area contributed by atoms with Gasteiger partial charge in [0.05, 0.1) is 5.88 Å². The summed E-state index contributed by atoms with van der Waals surface area (Å²) in [5.74, 6) is 1.02. The van der Waals surface area contributed by atoms with Gasteiger partial charge in [0, 0.05) is 5.54 Å². The van der Waals surface area contributed by atoms with Gasteiger partial charge in [-0.1, -0.05) is 11.6 Å². The van der Waals surface area contributed by atoms with Crippen LogP contribution in [0.1, 0.15) is 0 Å². The van der Waals surface area contributed by atoms with Gasteiger partial charge in [-0.3, -0.25) is 0 Å². The van der Waals surface area contributed by atoms with E-state index in [2.05, 4.69) is 19.6 Å². The van der Waals surface area contributed by atoms with Crippen LogP contribution in [0.5, 0.6) is 0 Å². The minimum atomic E-state index is -1.50. The van der Waals surface area contributed by atoms with E-state index in [-0.39, 0.29) is 0 Å². The molecule has 0 aromatic carbocycles. The first-order chi connectivity index (χ1) is 4.49. The van der Waals surface area contributed by atoms with Crippen LogP contribution in [0.3, 0.4) is 0 Å². The van der Waals surface area contributed by atoms with Gasteiger partial charge in [0.15, 0.2) is 0 Å². The Morgan fingerprint density at radius 3 is 2.10 bits per heavy atom. The first-order valence-electron chi connectivity index (χ1n) is 3.04. The molecule has 0 rings (SSSR count). The SMILES string of the molecule is C[Si](C)(C)O/C(=C/Cl)CCl. The maximum absolute atomic E-state index is 5.52. The van der Waals surface area contributed by atoms with Gasteiger partial charge in [-0.05, 0) is 19.6 Å². The molecule has 0 aromatic rings. The van der Waals surface area contributed by atoms with Gasteiger partial charge < -0.3 is 4.43 Å². The Morgan fingerprint density at radius 2 is 2.00 bits per heavy atom. The molecule has 4 heteroatoms. The molecule has 0 aliphatic rings. The Bertz CT molecular complexity index is 128. The van der Waals surface area contributed by atoms with Crippen LogP contribution in [0, 0.1) is 0 Å². The molecular weight excluding hydrogens is 187 g/mol. The van der Waals surface area contributed by atoms with Gasteiger partial charge in [-0.15, -0.1) is 11.6 Å². The molecule has 0 atom stereocenters. The highest BCUT2D eigenvalue weighted by Crippen LogP contribution is 2.11. The molecule has 0 aromatic heterocycles. The minimum Gasteiger partial charge on any atom is -0.546 e. The molecule has 0 amide bonds. The van der Waals surface area contributed by atoms with Crippen LogP contribution >= 0.6 is 23.2 Å². The molecule has 0 fully saturated rings. The summed E-state index contributed by atoms with van der Waals surface area (Å²) >= 11 is 10.9. The van der Waals surface area contributed by atoms with E-state index in [0.29, 0.717) is 11.6 Å². The van der Waals surface area contributed by atoms with E-state index in [9.17, 15) is 0 Å². The molecule has 60 valence electrons. The van der Waals surface area contributed by atoms with E-state index in [1.807, 2.05) is 0 Å². The van der Waals surface area contributed by atoms with Crippen LogP contribution in [0.2, 0.25) is 19.6 Å². The lowest BCUT2D eigenvalue weighted by molar-refractivity contribution is 0.428. The Labute approximate surface area is 73.1 Å². The molecule has 0 spiro atoms. The van der Waals surface area contributed by atoms with Crippen molar-refractivity contribution in [3.8, 4) is 0 Å². The number of rotatable bonds is 3. The van der Waals surface area contributed by atoms with E-state index in [0.717, 1.165) is 0 Å². The van der Waals surface area contributed by atoms with Crippen molar-refractivity contribution in [2.75, 3.05) is 5.88 Å². The molecule has 0 aliphatic carbocycles. The van der Waals surface area contributed by atoms with Crippen LogP contribution in [0.15, 0.2) is 11.3 Å². The van der Waals surface area contributed by atoms with Crippen molar-refractivity contribution in [2.45, 2.75) is 19.6 Å². The standard InChI is InChI=1S/C6H12Cl2OSi/c1-10(2,3)9-6(4-7)5-8/h4H,5H2,1-3H3/b6-4+. The second kappa shape index (κ2) is 4.26. The third-order valence-corrected chi connectivity index (χ3v) is 2.07. The second-order valence-corrected chi connectivity index (χ2v) is 7.84. The van der Waals surface area contributed by atoms with E-state index in [4.69, 9.17) is 27.6 Å². The summed E-state index contributed by atoms with van der Waals surface area (Å²) in [7, 11) is -1.50. The maximum Gasteiger partial charge on any atom is 0.241 e. The zero-order chi connectivity index (χ0) is 8.20. The van der Waals surface area contributed by atoms with Crippen molar-refractivity contribution < 1.29 is 4.43 Å². The Balaban J connectivity index is 3.88. The van der Waals surface area contributed by atoms with E-state index in [1.54, 1.807) is 0 Å². The fraction of sp³-hybridized carbons (Fsp3) is 0.667. The Kier molecular flexibility index (Phi) is 4.41. The topological polar surface area (TPSA) is 9.23 Å². The van der Waals surface area contributed by atoms with Gasteiger partial charge in [0.25, 0.3) is 0 Å². The van der Waals surface area contributed by atoms with Crippen LogP contribution in [-0.4, -0.2) is 14.2 Å². The number of hydrogen-bond donors (Lipinski definition) is 0. The van der Waals surface area contributed by atoms with Crippen LogP contribution in [0.4, 0.5) is 0 Å². The third-order valence-electron chi connectivity index (χ3n) is 0.691. The molecule has 0 saturated carbocycles. The summed E-state index contributed by atoms with van der Waals surface area (Å²) in [6.07, 6.45) is 0. The van der Waals surface area contributed by atoms with Gasteiger partial charge >= 0.3 is 0 Å². The van der Waals surface area contributed by atoms with Gasteiger partial charge in [-0.2, -0.15) is 0 Å². The van der Waals surface area contributed by atoms with Crippen LogP contribution in [0.25, 0.3) is 0 Å². The van der Waals surface area contributed by atoms with Gasteiger partial charge in [0.2, 0.25) is 8.32 Å². The normalized spacial score (nSPS) is 13.5.